The van der Waals surface area contributed by atoms with Crippen LogP contribution >= 0.6 is 0 Å². The van der Waals surface area contributed by atoms with Crippen molar-refractivity contribution in [2.45, 2.75) is 6.10 Å². The van der Waals surface area contributed by atoms with Crippen molar-refractivity contribution in [1.82, 2.24) is 0 Å². The van der Waals surface area contributed by atoms with E-state index in [1.54, 1.807) is 12.1 Å². The average molecular weight is 240 g/mol. The Morgan fingerprint density at radius 1 is 1.07 bits per heavy atom. The van der Waals surface area contributed by atoms with Crippen LogP contribution in [0, 0.1) is 12.3 Å². The van der Waals surface area contributed by atoms with Gasteiger partial charge in [0.1, 0.15) is 0 Å². The predicted octanol–water partition coefficient (Wildman–Crippen LogP) is 2.48. The zero-order valence-electron chi connectivity index (χ0n) is 8.15. The molecule has 15 heavy (non-hydrogen) atoms. The molecule has 0 amide bonds. The molecule has 1 atom stereocenters. The van der Waals surface area contributed by atoms with Crippen LogP contribution in [0.4, 0.5) is 0 Å². The Balaban J connectivity index is 0.000000280. The molecule has 0 bridgehead atoms. The second-order valence-electron chi connectivity index (χ2n) is 2.75. The van der Waals surface area contributed by atoms with Gasteiger partial charge in [-0.2, -0.15) is 12.1 Å². The van der Waals surface area contributed by atoms with Crippen molar-refractivity contribution < 1.29 is 22.2 Å². The fourth-order valence-electron chi connectivity index (χ4n) is 0.988. The van der Waals surface area contributed by atoms with E-state index >= 15 is 0 Å². The van der Waals surface area contributed by atoms with Crippen LogP contribution in [0.2, 0.25) is 0 Å². The van der Waals surface area contributed by atoms with Gasteiger partial charge in [-0.1, -0.05) is 5.92 Å². The van der Waals surface area contributed by atoms with Crippen LogP contribution in [-0.4, -0.2) is 5.11 Å². The molecule has 0 aliphatic carbocycles. The molecule has 1 unspecified atom stereocenters. The predicted molar refractivity (Wildman–Crippen MR) is 57.9 cm³/mol. The molecule has 0 fully saturated rings. The summed E-state index contributed by atoms with van der Waals surface area (Å²) in [7, 11) is 0. The van der Waals surface area contributed by atoms with Gasteiger partial charge in [-0.05, 0) is 0 Å². The number of rotatable bonds is 1. The van der Waals surface area contributed by atoms with E-state index < -0.39 is 6.10 Å². The van der Waals surface area contributed by atoms with Gasteiger partial charge in [0.15, 0.2) is 0 Å². The summed E-state index contributed by atoms with van der Waals surface area (Å²) in [4.78, 5) is 0. The van der Waals surface area contributed by atoms with Crippen molar-refractivity contribution in [2.24, 2.45) is 0 Å². The summed E-state index contributed by atoms with van der Waals surface area (Å²) < 4.78 is 0. The minimum absolute atomic E-state index is 0. The maximum absolute atomic E-state index is 8.98. The van der Waals surface area contributed by atoms with E-state index in [1.165, 1.54) is 0 Å². The van der Waals surface area contributed by atoms with Crippen LogP contribution in [0.1, 0.15) is 11.7 Å². The van der Waals surface area contributed by atoms with Crippen LogP contribution in [0.25, 0.3) is 0 Å². The summed E-state index contributed by atoms with van der Waals surface area (Å²) in [5.41, 5.74) is 0.789. The van der Waals surface area contributed by atoms with Crippen molar-refractivity contribution in [3.63, 3.8) is 0 Å². The summed E-state index contributed by atoms with van der Waals surface area (Å²) in [5, 5.41) is 8.98. The Morgan fingerprint density at radius 2 is 1.47 bits per heavy atom. The third-order valence-electron chi connectivity index (χ3n) is 1.72. The Kier molecular flexibility index (Phi) is 7.40. The van der Waals surface area contributed by atoms with Crippen molar-refractivity contribution in [1.29, 1.82) is 0 Å². The third kappa shape index (κ3) is 5.24. The Labute approximate surface area is 101 Å². The molecule has 0 aromatic heterocycles. The maximum Gasteiger partial charge on any atom is 0.0958 e. The van der Waals surface area contributed by atoms with Crippen molar-refractivity contribution in [3.05, 3.63) is 60.2 Å². The van der Waals surface area contributed by atoms with Crippen LogP contribution in [0.3, 0.4) is 0 Å². The molecule has 2 aromatic rings. The summed E-state index contributed by atoms with van der Waals surface area (Å²) in [6.07, 6.45) is 4.23. The van der Waals surface area contributed by atoms with Crippen LogP contribution in [0.5, 0.6) is 0 Å². The topological polar surface area (TPSA) is 20.2 Å². The molecular formula is C13H12FeO-6. The van der Waals surface area contributed by atoms with E-state index in [0.29, 0.717) is 0 Å². The number of aliphatic hydroxyl groups excluding tert-OH is 1. The third-order valence-corrected chi connectivity index (χ3v) is 1.72. The van der Waals surface area contributed by atoms with Crippen molar-refractivity contribution in [2.75, 3.05) is 0 Å². The van der Waals surface area contributed by atoms with Crippen LogP contribution < -0.4 is 0 Å². The second kappa shape index (κ2) is 8.08. The first-order valence-corrected chi connectivity index (χ1v) is 4.37. The fraction of sp³-hybridized carbons (Fsp3) is 0.0769. The van der Waals surface area contributed by atoms with Gasteiger partial charge in [0.25, 0.3) is 0 Å². The zero-order valence-corrected chi connectivity index (χ0v) is 9.26. The van der Waals surface area contributed by atoms with E-state index in [9.17, 15) is 0 Å². The number of aliphatic hydroxyl groups is 1. The molecule has 0 radical (unpaired) electrons. The van der Waals surface area contributed by atoms with Crippen LogP contribution in [-0.2, 0) is 17.1 Å². The maximum atomic E-state index is 8.98. The molecule has 0 aliphatic heterocycles. The summed E-state index contributed by atoms with van der Waals surface area (Å²) >= 11 is 0. The van der Waals surface area contributed by atoms with E-state index in [0.717, 1.165) is 5.56 Å². The molecule has 0 saturated carbocycles. The van der Waals surface area contributed by atoms with Gasteiger partial charge in [-0.3, -0.25) is 0 Å². The van der Waals surface area contributed by atoms with E-state index in [1.807, 2.05) is 42.5 Å². The first-order chi connectivity index (χ1) is 6.84. The first-order valence-electron chi connectivity index (χ1n) is 4.37. The minimum atomic E-state index is -0.736. The molecule has 0 spiro atoms. The summed E-state index contributed by atoms with van der Waals surface area (Å²) in [6, 6.07) is 17.3. The van der Waals surface area contributed by atoms with Gasteiger partial charge < -0.3 is 35.4 Å². The summed E-state index contributed by atoms with van der Waals surface area (Å²) in [6.45, 7) is 0. The fourth-order valence-corrected chi connectivity index (χ4v) is 0.988. The summed E-state index contributed by atoms with van der Waals surface area (Å²) in [5.74, 6) is 2.22. The molecule has 0 heterocycles. The molecule has 2 rings (SSSR count). The van der Waals surface area contributed by atoms with Crippen molar-refractivity contribution >= 4 is 0 Å². The minimum Gasteiger partial charge on any atom is -0.748 e. The smallest absolute Gasteiger partial charge is 0.0958 e. The molecule has 1 N–H and O–H groups in total. The van der Waals surface area contributed by atoms with Gasteiger partial charge in [0.2, 0.25) is 0 Å². The number of hydrogen-bond donors (Lipinski definition) is 1. The monoisotopic (exact) mass is 240 g/mol. The van der Waals surface area contributed by atoms with Gasteiger partial charge in [-0.25, -0.2) is 12.1 Å². The van der Waals surface area contributed by atoms with Gasteiger partial charge in [0, 0.05) is 17.1 Å². The largest absolute Gasteiger partial charge is 0.748 e. The SMILES string of the molecule is C#CC(O)[c-]1cccc1.[Fe].[cH-]1[cH-][cH-][cH-][cH-]1. The zero-order chi connectivity index (χ0) is 10.2. The second-order valence-corrected chi connectivity index (χ2v) is 2.75. The molecule has 2 heteroatoms. The number of hydrogen-bond acceptors (Lipinski definition) is 1. The van der Waals surface area contributed by atoms with Gasteiger partial charge in [0.05, 0.1) is 6.10 Å². The first kappa shape index (κ1) is 13.7. The van der Waals surface area contributed by atoms with Crippen molar-refractivity contribution in [3.8, 4) is 12.3 Å². The molecule has 0 saturated heterocycles. The molecule has 2 aromatic carbocycles. The molecule has 0 aliphatic rings. The quantitative estimate of drug-likeness (QED) is 0.461. The average Bonchev–Trinajstić information content (AvgIpc) is 2.91. The van der Waals surface area contributed by atoms with E-state index in [2.05, 4.69) is 5.92 Å². The Bertz CT molecular complexity index is 336. The van der Waals surface area contributed by atoms with E-state index in [4.69, 9.17) is 11.5 Å². The Hall–Kier alpha value is -1.26. The van der Waals surface area contributed by atoms with E-state index in [-0.39, 0.29) is 17.1 Å². The van der Waals surface area contributed by atoms with Gasteiger partial charge >= 0.3 is 0 Å². The molecule has 1 nitrogen and oxygen atoms in total. The molecule has 84 valence electrons. The Morgan fingerprint density at radius 3 is 1.80 bits per heavy atom. The molecular weight excluding hydrogens is 228 g/mol. The van der Waals surface area contributed by atoms with Crippen LogP contribution in [0.15, 0.2) is 54.6 Å². The normalized spacial score (nSPS) is 10.1. The van der Waals surface area contributed by atoms with Gasteiger partial charge in [-0.15, -0.1) is 12.0 Å². The number of terminal acetylenes is 1. The standard InChI is InChI=1S/C8H7O.C5H5.Fe/c1-2-8(9)7-5-3-4-6-7;1-2-4-5-3-1;/h1,3-6,8-9H;1-5H;/q-1;-5;.